The molecular formula is C28H36F3N3O4S2. The van der Waals surface area contributed by atoms with E-state index in [0.717, 1.165) is 29.5 Å². The Morgan fingerprint density at radius 2 is 1.73 bits per heavy atom. The third kappa shape index (κ3) is 9.24. The van der Waals surface area contributed by atoms with Crippen LogP contribution in [0.25, 0.3) is 0 Å². The number of halogens is 3. The number of hydrogen-bond donors (Lipinski definition) is 3. The maximum absolute atomic E-state index is 13.3. The van der Waals surface area contributed by atoms with Crippen LogP contribution in [0.3, 0.4) is 0 Å². The van der Waals surface area contributed by atoms with Gasteiger partial charge in [0.2, 0.25) is 5.91 Å². The fourth-order valence-corrected chi connectivity index (χ4v) is 7.11. The van der Waals surface area contributed by atoms with Crippen LogP contribution in [0.15, 0.2) is 58.3 Å². The SMILES string of the molecule is CSc1ccc(S(=O)(=O)C[C@@H]2C[C@H](NC(C)C)CC[C@@H]2CNC(=O)CNC(=O)c2cccc(C(F)(F)F)c2)cc1. The molecule has 1 aliphatic carbocycles. The number of benzene rings is 2. The van der Waals surface area contributed by atoms with E-state index in [1.165, 1.54) is 17.8 Å². The Hall–Kier alpha value is -2.57. The van der Waals surface area contributed by atoms with Crippen molar-refractivity contribution in [2.75, 3.05) is 25.1 Å². The second kappa shape index (κ2) is 13.9. The molecule has 0 spiro atoms. The average Bonchev–Trinajstić information content (AvgIpc) is 2.90. The van der Waals surface area contributed by atoms with Crippen molar-refractivity contribution in [2.45, 2.75) is 61.2 Å². The minimum absolute atomic E-state index is 0.0469. The molecule has 3 atom stereocenters. The number of sulfone groups is 1. The summed E-state index contributed by atoms with van der Waals surface area (Å²) in [5, 5.41) is 8.61. The van der Waals surface area contributed by atoms with Crippen molar-refractivity contribution in [3.05, 3.63) is 59.7 Å². The molecule has 0 radical (unpaired) electrons. The van der Waals surface area contributed by atoms with Gasteiger partial charge in [0.15, 0.2) is 9.84 Å². The van der Waals surface area contributed by atoms with Crippen LogP contribution in [-0.2, 0) is 20.8 Å². The lowest BCUT2D eigenvalue weighted by molar-refractivity contribution is -0.137. The average molecular weight is 600 g/mol. The smallest absolute Gasteiger partial charge is 0.354 e. The van der Waals surface area contributed by atoms with Gasteiger partial charge in [-0.05, 0) is 79.8 Å². The molecule has 1 saturated carbocycles. The van der Waals surface area contributed by atoms with Gasteiger partial charge in [0.05, 0.1) is 22.8 Å². The molecule has 0 heterocycles. The molecule has 0 aromatic heterocycles. The zero-order chi connectivity index (χ0) is 29.5. The van der Waals surface area contributed by atoms with E-state index in [9.17, 15) is 31.2 Å². The van der Waals surface area contributed by atoms with Crippen molar-refractivity contribution in [1.82, 2.24) is 16.0 Å². The highest BCUT2D eigenvalue weighted by Gasteiger charge is 2.35. The van der Waals surface area contributed by atoms with Crippen molar-refractivity contribution in [2.24, 2.45) is 11.8 Å². The van der Waals surface area contributed by atoms with Gasteiger partial charge >= 0.3 is 6.18 Å². The molecule has 0 aliphatic heterocycles. The molecule has 2 aromatic carbocycles. The van der Waals surface area contributed by atoms with Crippen molar-refractivity contribution in [3.8, 4) is 0 Å². The summed E-state index contributed by atoms with van der Waals surface area (Å²) in [7, 11) is -3.56. The van der Waals surface area contributed by atoms with E-state index in [4.69, 9.17) is 0 Å². The van der Waals surface area contributed by atoms with Gasteiger partial charge in [-0.2, -0.15) is 13.2 Å². The van der Waals surface area contributed by atoms with E-state index >= 15 is 0 Å². The molecule has 220 valence electrons. The minimum Gasteiger partial charge on any atom is -0.354 e. The molecule has 0 saturated heterocycles. The largest absolute Gasteiger partial charge is 0.416 e. The summed E-state index contributed by atoms with van der Waals surface area (Å²) in [5.74, 6) is -1.63. The predicted octanol–water partition coefficient (Wildman–Crippen LogP) is 4.53. The summed E-state index contributed by atoms with van der Waals surface area (Å²) in [4.78, 5) is 26.0. The highest BCUT2D eigenvalue weighted by atomic mass is 32.2. The third-order valence-electron chi connectivity index (χ3n) is 6.98. The maximum atomic E-state index is 13.3. The van der Waals surface area contributed by atoms with E-state index in [2.05, 4.69) is 16.0 Å². The van der Waals surface area contributed by atoms with E-state index in [1.54, 1.807) is 24.3 Å². The van der Waals surface area contributed by atoms with Gasteiger partial charge in [-0.25, -0.2) is 8.42 Å². The molecular weight excluding hydrogens is 563 g/mol. The molecule has 1 fully saturated rings. The van der Waals surface area contributed by atoms with Crippen LogP contribution in [0.1, 0.15) is 49.0 Å². The second-order valence-electron chi connectivity index (χ2n) is 10.4. The van der Waals surface area contributed by atoms with Gasteiger partial charge in [-0.3, -0.25) is 9.59 Å². The van der Waals surface area contributed by atoms with Crippen LogP contribution < -0.4 is 16.0 Å². The first kappa shape index (κ1) is 32.0. The second-order valence-corrected chi connectivity index (χ2v) is 13.3. The summed E-state index contributed by atoms with van der Waals surface area (Å²) in [6.07, 6.45) is -0.466. The molecule has 40 heavy (non-hydrogen) atoms. The lowest BCUT2D eigenvalue weighted by atomic mass is 9.77. The predicted molar refractivity (Wildman–Crippen MR) is 150 cm³/mol. The molecule has 3 rings (SSSR count). The quantitative estimate of drug-likeness (QED) is 0.328. The molecule has 0 bridgehead atoms. The zero-order valence-corrected chi connectivity index (χ0v) is 24.4. The van der Waals surface area contributed by atoms with Crippen LogP contribution in [0, 0.1) is 11.8 Å². The lowest BCUT2D eigenvalue weighted by Gasteiger charge is -2.37. The van der Waals surface area contributed by atoms with Gasteiger partial charge < -0.3 is 16.0 Å². The van der Waals surface area contributed by atoms with Crippen LogP contribution in [-0.4, -0.2) is 57.4 Å². The van der Waals surface area contributed by atoms with Crippen LogP contribution >= 0.6 is 11.8 Å². The summed E-state index contributed by atoms with van der Waals surface area (Å²) >= 11 is 1.53. The van der Waals surface area contributed by atoms with Crippen molar-refractivity contribution < 1.29 is 31.2 Å². The van der Waals surface area contributed by atoms with E-state index in [-0.39, 0.29) is 46.7 Å². The summed E-state index contributed by atoms with van der Waals surface area (Å²) < 4.78 is 65.4. The van der Waals surface area contributed by atoms with Gasteiger partial charge in [0.1, 0.15) is 0 Å². The molecule has 2 aromatic rings. The number of carbonyl (C=O) groups excluding carboxylic acids is 2. The third-order valence-corrected chi connectivity index (χ3v) is 9.58. The first-order valence-corrected chi connectivity index (χ1v) is 16.0. The summed E-state index contributed by atoms with van der Waals surface area (Å²) in [6, 6.07) is 11.2. The molecule has 0 unspecified atom stereocenters. The van der Waals surface area contributed by atoms with Crippen molar-refractivity contribution >= 4 is 33.4 Å². The first-order valence-electron chi connectivity index (χ1n) is 13.1. The van der Waals surface area contributed by atoms with Crippen molar-refractivity contribution in [3.63, 3.8) is 0 Å². The molecule has 3 N–H and O–H groups in total. The summed E-state index contributed by atoms with van der Waals surface area (Å²) in [6.45, 7) is 3.90. The highest BCUT2D eigenvalue weighted by Crippen LogP contribution is 2.33. The Bertz CT molecular complexity index is 1270. The number of rotatable bonds is 11. The monoisotopic (exact) mass is 599 g/mol. The number of amides is 2. The molecule has 7 nitrogen and oxygen atoms in total. The Balaban J connectivity index is 1.61. The fraction of sp³-hybridized carbons (Fsp3) is 0.500. The maximum Gasteiger partial charge on any atom is 0.416 e. The molecule has 1 aliphatic rings. The number of alkyl halides is 3. The normalized spacial score (nSPS) is 19.8. The van der Waals surface area contributed by atoms with Crippen molar-refractivity contribution in [1.29, 1.82) is 0 Å². The van der Waals surface area contributed by atoms with Crippen LogP contribution in [0.5, 0.6) is 0 Å². The Morgan fingerprint density at radius 1 is 1.02 bits per heavy atom. The summed E-state index contributed by atoms with van der Waals surface area (Å²) in [5.41, 5.74) is -1.15. The van der Waals surface area contributed by atoms with Gasteiger partial charge in [0.25, 0.3) is 5.91 Å². The number of thioether (sulfide) groups is 1. The minimum atomic E-state index is -4.58. The topological polar surface area (TPSA) is 104 Å². The Labute approximate surface area is 238 Å². The highest BCUT2D eigenvalue weighted by molar-refractivity contribution is 7.98. The fourth-order valence-electron chi connectivity index (χ4n) is 4.99. The van der Waals surface area contributed by atoms with Gasteiger partial charge in [0, 0.05) is 29.1 Å². The first-order chi connectivity index (χ1) is 18.8. The standard InChI is InChI=1S/C28H36F3N3O4S2/c1-18(2)34-23-8-7-20(21(14-23)17-40(37,38)25-11-9-24(39-3)10-12-25)15-32-26(35)16-33-27(36)19-5-4-6-22(13-19)28(29,30)31/h4-6,9-13,18,20-21,23,34H,7-8,14-17H2,1-3H3,(H,32,35)(H,33,36)/t20-,21+,23-/m1/s1. The molecule has 2 amide bonds. The van der Waals surface area contributed by atoms with E-state index < -0.39 is 39.9 Å². The van der Waals surface area contributed by atoms with Crippen LogP contribution in [0.2, 0.25) is 0 Å². The molecule has 12 heteroatoms. The van der Waals surface area contributed by atoms with E-state index in [1.807, 2.05) is 20.1 Å². The number of carbonyl (C=O) groups is 2. The van der Waals surface area contributed by atoms with E-state index in [0.29, 0.717) is 12.8 Å². The zero-order valence-electron chi connectivity index (χ0n) is 22.8. The van der Waals surface area contributed by atoms with Crippen LogP contribution in [0.4, 0.5) is 13.2 Å². The van der Waals surface area contributed by atoms with Gasteiger partial charge in [-0.15, -0.1) is 11.8 Å². The number of nitrogens with one attached hydrogen (secondary N) is 3. The lowest BCUT2D eigenvalue weighted by Crippen LogP contribution is -2.46. The Kier molecular flexibility index (Phi) is 11.1. The van der Waals surface area contributed by atoms with Gasteiger partial charge in [-0.1, -0.05) is 19.9 Å². The Morgan fingerprint density at radius 3 is 2.35 bits per heavy atom. The number of hydrogen-bond acceptors (Lipinski definition) is 6.